The molecule has 1 aliphatic carbocycles. The highest BCUT2D eigenvalue weighted by Crippen LogP contribution is 2.48. The van der Waals surface area contributed by atoms with Gasteiger partial charge in [0.15, 0.2) is 0 Å². The molecule has 25 heavy (non-hydrogen) atoms. The minimum Gasteiger partial charge on any atom is -0.507 e. The molecule has 1 aliphatic heterocycles. The molecular formula is C22H26BrNO. The van der Waals surface area contributed by atoms with Crippen LogP contribution in [0.3, 0.4) is 0 Å². The van der Waals surface area contributed by atoms with Crippen LogP contribution in [0.15, 0.2) is 53.0 Å². The average molecular weight is 400 g/mol. The van der Waals surface area contributed by atoms with E-state index in [9.17, 15) is 5.11 Å². The number of fused-ring (bicyclic) bond motifs is 2. The Labute approximate surface area is 159 Å². The molecule has 132 valence electrons. The lowest BCUT2D eigenvalue weighted by Gasteiger charge is -2.51. The summed E-state index contributed by atoms with van der Waals surface area (Å²) in [6, 6.07) is 17.7. The Bertz CT molecular complexity index is 732. The largest absolute Gasteiger partial charge is 0.507 e. The summed E-state index contributed by atoms with van der Waals surface area (Å²) in [6.45, 7) is 2.34. The fourth-order valence-electron chi connectivity index (χ4n) is 4.87. The summed E-state index contributed by atoms with van der Waals surface area (Å²) in [5, 5.41) is 10.1. The zero-order valence-corrected chi connectivity index (χ0v) is 16.2. The first kappa shape index (κ1) is 17.1. The van der Waals surface area contributed by atoms with E-state index in [-0.39, 0.29) is 5.41 Å². The van der Waals surface area contributed by atoms with Crippen molar-refractivity contribution in [1.82, 2.24) is 4.90 Å². The number of likely N-dealkylation sites (tertiary alicyclic amines) is 1. The number of nitrogens with zero attached hydrogens (tertiary/aromatic N) is 1. The summed E-state index contributed by atoms with van der Waals surface area (Å²) >= 11 is 3.41. The van der Waals surface area contributed by atoms with E-state index < -0.39 is 0 Å². The van der Waals surface area contributed by atoms with Crippen molar-refractivity contribution in [3.8, 4) is 5.75 Å². The van der Waals surface area contributed by atoms with Gasteiger partial charge in [-0.1, -0.05) is 42.8 Å². The Morgan fingerprint density at radius 2 is 1.96 bits per heavy atom. The van der Waals surface area contributed by atoms with Crippen LogP contribution in [-0.4, -0.2) is 29.1 Å². The van der Waals surface area contributed by atoms with E-state index in [1.165, 1.54) is 49.8 Å². The van der Waals surface area contributed by atoms with Crippen LogP contribution in [0.4, 0.5) is 0 Å². The molecule has 2 nitrogen and oxygen atoms in total. The molecule has 0 spiro atoms. The molecular weight excluding hydrogens is 374 g/mol. The van der Waals surface area contributed by atoms with Gasteiger partial charge in [0.25, 0.3) is 0 Å². The molecule has 1 heterocycles. The third-order valence-corrected chi connectivity index (χ3v) is 6.97. The third kappa shape index (κ3) is 3.50. The smallest absolute Gasteiger partial charge is 0.130 e. The zero-order chi connectivity index (χ0) is 17.3. The topological polar surface area (TPSA) is 23.5 Å². The highest BCUT2D eigenvalue weighted by atomic mass is 79.9. The SMILES string of the molecule is Oc1cc([C@@]23CCC[C@@H](C2)N(CCc2ccccc2)CC3)ccc1Br. The van der Waals surface area contributed by atoms with Crippen molar-refractivity contribution in [3.63, 3.8) is 0 Å². The normalized spacial score (nSPS) is 26.5. The fraction of sp³-hybridized carbons (Fsp3) is 0.455. The lowest BCUT2D eigenvalue weighted by atomic mass is 9.63. The van der Waals surface area contributed by atoms with Gasteiger partial charge in [0.1, 0.15) is 5.75 Å². The molecule has 2 aromatic carbocycles. The summed E-state index contributed by atoms with van der Waals surface area (Å²) < 4.78 is 0.792. The van der Waals surface area contributed by atoms with Crippen molar-refractivity contribution < 1.29 is 5.11 Å². The Balaban J connectivity index is 1.47. The number of rotatable bonds is 4. The Morgan fingerprint density at radius 1 is 1.12 bits per heavy atom. The molecule has 4 rings (SSSR count). The van der Waals surface area contributed by atoms with Gasteiger partial charge in [-0.2, -0.15) is 0 Å². The van der Waals surface area contributed by atoms with Crippen molar-refractivity contribution in [3.05, 3.63) is 64.1 Å². The molecule has 1 saturated carbocycles. The van der Waals surface area contributed by atoms with E-state index >= 15 is 0 Å². The molecule has 0 amide bonds. The van der Waals surface area contributed by atoms with Crippen LogP contribution in [0, 0.1) is 0 Å². The minimum atomic E-state index is 0.268. The zero-order valence-electron chi connectivity index (χ0n) is 14.6. The van der Waals surface area contributed by atoms with E-state index in [0.717, 1.165) is 17.4 Å². The maximum atomic E-state index is 10.1. The number of benzene rings is 2. The van der Waals surface area contributed by atoms with E-state index in [2.05, 4.69) is 57.2 Å². The molecule has 2 bridgehead atoms. The number of piperidine rings is 1. The van der Waals surface area contributed by atoms with Gasteiger partial charge in [0, 0.05) is 12.6 Å². The van der Waals surface area contributed by atoms with Crippen molar-refractivity contribution >= 4 is 15.9 Å². The first-order chi connectivity index (χ1) is 12.2. The van der Waals surface area contributed by atoms with Gasteiger partial charge in [-0.25, -0.2) is 0 Å². The highest BCUT2D eigenvalue weighted by Gasteiger charge is 2.43. The Morgan fingerprint density at radius 3 is 2.76 bits per heavy atom. The van der Waals surface area contributed by atoms with Crippen molar-refractivity contribution in [2.75, 3.05) is 13.1 Å². The molecule has 0 radical (unpaired) electrons. The van der Waals surface area contributed by atoms with Gasteiger partial charge in [-0.3, -0.25) is 4.90 Å². The van der Waals surface area contributed by atoms with Crippen molar-refractivity contribution in [1.29, 1.82) is 0 Å². The standard InChI is InChI=1S/C22H26BrNO/c23-20-9-8-18(15-21(20)25)22-11-4-7-19(16-22)24(14-12-22)13-10-17-5-2-1-3-6-17/h1-3,5-6,8-9,15,19,25H,4,7,10-14,16H2/t19-,22+/m0/s1. The molecule has 3 heteroatoms. The summed E-state index contributed by atoms with van der Waals surface area (Å²) in [5.41, 5.74) is 3.04. The number of hydrogen-bond donors (Lipinski definition) is 1. The van der Waals surface area contributed by atoms with Crippen LogP contribution in [-0.2, 0) is 11.8 Å². The van der Waals surface area contributed by atoms with Crippen LogP contribution < -0.4 is 0 Å². The number of phenolic OH excluding ortho intramolecular Hbond substituents is 1. The molecule has 2 aliphatic rings. The quantitative estimate of drug-likeness (QED) is 0.755. The molecule has 1 saturated heterocycles. The minimum absolute atomic E-state index is 0.268. The number of hydrogen-bond acceptors (Lipinski definition) is 2. The average Bonchev–Trinajstić information content (AvgIpc) is 2.64. The summed E-state index contributed by atoms with van der Waals surface area (Å²) in [6.07, 6.45) is 7.46. The second-order valence-corrected chi connectivity index (χ2v) is 8.57. The second kappa shape index (κ2) is 7.13. The Hall–Kier alpha value is -1.32. The predicted octanol–water partition coefficient (Wildman–Crippen LogP) is 5.28. The number of aromatic hydroxyl groups is 1. The van der Waals surface area contributed by atoms with Gasteiger partial charge in [0.05, 0.1) is 4.47 Å². The maximum Gasteiger partial charge on any atom is 0.130 e. The van der Waals surface area contributed by atoms with E-state index in [4.69, 9.17) is 0 Å². The predicted molar refractivity (Wildman–Crippen MR) is 106 cm³/mol. The van der Waals surface area contributed by atoms with Gasteiger partial charge >= 0.3 is 0 Å². The van der Waals surface area contributed by atoms with Crippen LogP contribution >= 0.6 is 15.9 Å². The molecule has 1 N–H and O–H groups in total. The first-order valence-electron chi connectivity index (χ1n) is 9.43. The molecule has 2 fully saturated rings. The van der Waals surface area contributed by atoms with E-state index in [1.54, 1.807) is 0 Å². The van der Waals surface area contributed by atoms with Gasteiger partial charge in [-0.15, -0.1) is 0 Å². The summed E-state index contributed by atoms with van der Waals surface area (Å²) in [4.78, 5) is 2.71. The van der Waals surface area contributed by atoms with Crippen LogP contribution in [0.25, 0.3) is 0 Å². The monoisotopic (exact) mass is 399 g/mol. The third-order valence-electron chi connectivity index (χ3n) is 6.30. The van der Waals surface area contributed by atoms with Crippen LogP contribution in [0.5, 0.6) is 5.75 Å². The van der Waals surface area contributed by atoms with Gasteiger partial charge in [0.2, 0.25) is 0 Å². The maximum absolute atomic E-state index is 10.1. The fourth-order valence-corrected chi connectivity index (χ4v) is 5.12. The molecule has 2 atom stereocenters. The summed E-state index contributed by atoms with van der Waals surface area (Å²) in [5.74, 6) is 0.375. The lowest BCUT2D eigenvalue weighted by Crippen LogP contribution is -2.52. The number of halogens is 1. The molecule has 0 unspecified atom stereocenters. The molecule has 2 aromatic rings. The van der Waals surface area contributed by atoms with Crippen molar-refractivity contribution in [2.24, 2.45) is 0 Å². The highest BCUT2D eigenvalue weighted by molar-refractivity contribution is 9.10. The van der Waals surface area contributed by atoms with Gasteiger partial charge in [-0.05, 0) is 83.3 Å². The van der Waals surface area contributed by atoms with E-state index in [1.807, 2.05) is 12.1 Å². The second-order valence-electron chi connectivity index (χ2n) is 7.72. The van der Waals surface area contributed by atoms with Crippen LogP contribution in [0.1, 0.15) is 43.2 Å². The van der Waals surface area contributed by atoms with Crippen LogP contribution in [0.2, 0.25) is 0 Å². The Kier molecular flexibility index (Phi) is 4.88. The van der Waals surface area contributed by atoms with E-state index in [0.29, 0.717) is 11.8 Å². The number of phenols is 1. The molecule has 0 aromatic heterocycles. The van der Waals surface area contributed by atoms with Crippen molar-refractivity contribution in [2.45, 2.75) is 50.0 Å². The lowest BCUT2D eigenvalue weighted by molar-refractivity contribution is 0.0524. The van der Waals surface area contributed by atoms with Gasteiger partial charge < -0.3 is 5.11 Å². The first-order valence-corrected chi connectivity index (χ1v) is 10.2. The summed E-state index contributed by atoms with van der Waals surface area (Å²) in [7, 11) is 0.